The summed E-state index contributed by atoms with van der Waals surface area (Å²) < 4.78 is 2.73. The van der Waals surface area contributed by atoms with Gasteiger partial charge in [0.25, 0.3) is 47.3 Å². The number of benzene rings is 9. The van der Waals surface area contributed by atoms with E-state index in [0.29, 0.717) is 96.9 Å². The molecule has 127 heavy (non-hydrogen) atoms. The molecule has 31 heteroatoms. The summed E-state index contributed by atoms with van der Waals surface area (Å²) in [6.07, 6.45) is -13.4. The van der Waals surface area contributed by atoms with Gasteiger partial charge in [-0.15, -0.1) is 0 Å². The van der Waals surface area contributed by atoms with E-state index >= 15 is 0 Å². The molecule has 4 aliphatic rings. The van der Waals surface area contributed by atoms with E-state index in [9.17, 15) is 84.5 Å². The molecule has 666 valence electrons. The van der Waals surface area contributed by atoms with Gasteiger partial charge in [0.05, 0.1) is 35.9 Å². The lowest BCUT2D eigenvalue weighted by molar-refractivity contribution is -0.154. The second kappa shape index (κ2) is 45.3. The second-order valence-corrected chi connectivity index (χ2v) is 34.4. The topological polar surface area (TPSA) is 406 Å². The standard InChI is InChI=1S/C26H26N2O4.C24H30BrN3O4.C23H25BrN4O4.C23H24BrN3O4/c29-23(24(30)26(32)28-14-13-20-10-4-5-11-22(20)17-28)25(31)27-16-18-7-6-12-21(15-18)19-8-2-1-3-9-19;1-15-4-9-20(16(2)14-15)27-10-12-28(13-11-27)24(32)22(30)21(29)23(31)26-17(3)18-5-7-19(25)8-6-18;1-15(16-6-8-18(24)9-7-16)26-22(31)20(29)21(30)23(32)28-12-10-27(11-13-28)19-5-3-2-4-17(19)14-25;1-13(14-6-8-15(24)9-7-14)25-22(30)20(28)21(29)23(31)27-11-10-17-16-4-2-3-5-18(16)26-19(17)12-27/h1-12,15,23-24,29-30H,13-14,16-17H2,(H,27,31);4-9,14,17,21-22,29-30H,10-13H2,1-3H3,(H,26,31);2-9,15,20-21,29-30H,10-13H2,1H3,(H,26,31);2-9,13,20-21,26,28-29H,10-12H2,1H3,(H,25,30)/t23-,24-;17-,21+,22+;15-,20+,21+;13-,20+,21+/m1000/s1. The number of hydrogen-bond donors (Lipinski definition) is 13. The van der Waals surface area contributed by atoms with Crippen LogP contribution < -0.4 is 31.1 Å². The molecule has 13 N–H and O–H groups in total. The Balaban J connectivity index is 0.000000164. The SMILES string of the molecule is C[C@H](NC(=O)[C@H](O)[C@@H](O)C(=O)N1CCN(c2ccccc2C#N)CC1)c1ccc(Br)cc1.C[C@H](NC(=O)[C@H](O)[C@@H](O)C(=O)N1CCc2c([nH]c3ccccc23)C1)c1ccc(Br)cc1.Cc1ccc(N2CCN(C(=O)[C@H](O)[C@@H](O)C(=O)N[C@@H](C)c3ccc(Br)cc3)CC2)c(C)c1.O=C(NCc1cccc(-c2ccccc2)c1)[C@H](O)[C@@H](O)C(=O)N1CCc2ccccc2C1. The highest BCUT2D eigenvalue weighted by Gasteiger charge is 2.40. The Kier molecular flexibility index (Phi) is 34.3. The Labute approximate surface area is 762 Å². The van der Waals surface area contributed by atoms with Gasteiger partial charge in [-0.3, -0.25) is 38.4 Å². The second-order valence-electron chi connectivity index (χ2n) is 31.6. The zero-order valence-electron chi connectivity index (χ0n) is 70.9. The Morgan fingerprint density at radius 3 is 1.31 bits per heavy atom. The van der Waals surface area contributed by atoms with Crippen LogP contribution in [0, 0.1) is 25.2 Å². The lowest BCUT2D eigenvalue weighted by atomic mass is 9.99. The number of fused-ring (bicyclic) bond motifs is 4. The summed E-state index contributed by atoms with van der Waals surface area (Å²) in [5.74, 6) is -5.82. The molecule has 5 heterocycles. The van der Waals surface area contributed by atoms with Gasteiger partial charge < -0.3 is 96.5 Å². The van der Waals surface area contributed by atoms with Gasteiger partial charge in [0.15, 0.2) is 48.8 Å². The molecule has 0 bridgehead atoms. The van der Waals surface area contributed by atoms with Crippen LogP contribution in [-0.4, -0.2) is 227 Å². The number of aromatic nitrogens is 1. The molecule has 1 aromatic heterocycles. The maximum atomic E-state index is 12.8. The molecule has 2 saturated heterocycles. The van der Waals surface area contributed by atoms with Gasteiger partial charge >= 0.3 is 0 Å². The van der Waals surface area contributed by atoms with Crippen LogP contribution in [0.15, 0.2) is 232 Å². The number of piperazine rings is 2. The number of carbonyl (C=O) groups is 8. The number of aromatic amines is 1. The third kappa shape index (κ3) is 25.3. The normalized spacial score (nSPS) is 16.2. The van der Waals surface area contributed by atoms with E-state index < -0.39 is 102 Å². The number of aliphatic hydroxyl groups is 8. The van der Waals surface area contributed by atoms with Crippen molar-refractivity contribution in [2.75, 3.05) is 75.2 Å². The quantitative estimate of drug-likeness (QED) is 0.0285. The molecule has 14 rings (SSSR count). The largest absolute Gasteiger partial charge is 0.380 e. The number of nitriles is 1. The Bertz CT molecular complexity index is 5520. The van der Waals surface area contributed by atoms with E-state index in [1.165, 1.54) is 36.3 Å². The Hall–Kier alpha value is -11.5. The van der Waals surface area contributed by atoms with Crippen molar-refractivity contribution in [3.63, 3.8) is 0 Å². The Morgan fingerprint density at radius 2 is 0.819 bits per heavy atom. The average Bonchev–Trinajstić information content (AvgIpc) is 1.63. The predicted octanol–water partition coefficient (Wildman–Crippen LogP) is 8.57. The van der Waals surface area contributed by atoms with Crippen LogP contribution in [0.4, 0.5) is 11.4 Å². The van der Waals surface area contributed by atoms with Gasteiger partial charge in [0.2, 0.25) is 0 Å². The maximum Gasteiger partial charge on any atom is 0.255 e. The zero-order chi connectivity index (χ0) is 91.3. The van der Waals surface area contributed by atoms with Gasteiger partial charge in [-0.05, 0) is 170 Å². The fraction of sp³-hybridized carbons (Fsp3) is 0.323. The van der Waals surface area contributed by atoms with E-state index in [4.69, 9.17) is 0 Å². The van der Waals surface area contributed by atoms with Crippen molar-refractivity contribution in [2.45, 2.75) is 134 Å². The highest BCUT2D eigenvalue weighted by atomic mass is 79.9. The smallest absolute Gasteiger partial charge is 0.255 e. The number of nitrogens with one attached hydrogen (secondary N) is 5. The fourth-order valence-electron chi connectivity index (χ4n) is 15.5. The summed E-state index contributed by atoms with van der Waals surface area (Å²) in [7, 11) is 0. The summed E-state index contributed by atoms with van der Waals surface area (Å²) in [4.78, 5) is 114. The molecular weight excluding hydrogens is 1820 g/mol. The van der Waals surface area contributed by atoms with Crippen LogP contribution in [0.25, 0.3) is 22.0 Å². The van der Waals surface area contributed by atoms with Crippen molar-refractivity contribution < 1.29 is 79.2 Å². The minimum Gasteiger partial charge on any atom is -0.380 e. The number of carbonyl (C=O) groups excluding carboxylic acids is 8. The number of amides is 8. The van der Waals surface area contributed by atoms with E-state index in [1.54, 1.807) is 32.9 Å². The first-order valence-corrected chi connectivity index (χ1v) is 44.1. The molecule has 8 amide bonds. The van der Waals surface area contributed by atoms with Crippen LogP contribution in [0.2, 0.25) is 0 Å². The predicted molar refractivity (Wildman–Crippen MR) is 492 cm³/mol. The van der Waals surface area contributed by atoms with E-state index in [0.717, 1.165) is 85.9 Å². The first-order chi connectivity index (χ1) is 60.9. The van der Waals surface area contributed by atoms with Crippen molar-refractivity contribution >= 4 is 117 Å². The molecule has 4 aliphatic heterocycles. The summed E-state index contributed by atoms with van der Waals surface area (Å²) in [6.45, 7) is 14.7. The van der Waals surface area contributed by atoms with Crippen molar-refractivity contribution in [2.24, 2.45) is 0 Å². The van der Waals surface area contributed by atoms with Crippen molar-refractivity contribution in [1.82, 2.24) is 45.9 Å². The fourth-order valence-corrected chi connectivity index (χ4v) is 16.2. The van der Waals surface area contributed by atoms with Crippen molar-refractivity contribution in [3.05, 3.63) is 293 Å². The minimum atomic E-state index is -1.88. The molecular formula is C96H105Br3N12O16. The average molecular weight is 1920 g/mol. The molecule has 0 saturated carbocycles. The minimum absolute atomic E-state index is 0.175. The summed E-state index contributed by atoms with van der Waals surface area (Å²) >= 11 is 10.1. The summed E-state index contributed by atoms with van der Waals surface area (Å²) in [5.41, 5.74) is 15.5. The highest BCUT2D eigenvalue weighted by molar-refractivity contribution is 9.11. The number of H-pyrrole nitrogens is 1. The Morgan fingerprint density at radius 1 is 0.402 bits per heavy atom. The number of para-hydroxylation sites is 2. The van der Waals surface area contributed by atoms with Crippen molar-refractivity contribution in [1.29, 1.82) is 5.26 Å². The third-order valence-electron chi connectivity index (χ3n) is 22.8. The lowest BCUT2D eigenvalue weighted by Gasteiger charge is -2.38. The molecule has 2 fully saturated rings. The number of nitrogens with zero attached hydrogens (tertiary/aromatic N) is 7. The van der Waals surface area contributed by atoms with Gasteiger partial charge in [0, 0.05) is 114 Å². The van der Waals surface area contributed by atoms with Gasteiger partial charge in [-0.25, -0.2) is 0 Å². The number of halogens is 3. The first kappa shape index (κ1) is 96.1. The zero-order valence-corrected chi connectivity index (χ0v) is 75.6. The molecule has 0 unspecified atom stereocenters. The third-order valence-corrected chi connectivity index (χ3v) is 24.4. The first-order valence-electron chi connectivity index (χ1n) is 41.8. The number of anilines is 2. The molecule has 9 aromatic carbocycles. The van der Waals surface area contributed by atoms with E-state index in [-0.39, 0.29) is 18.6 Å². The number of rotatable bonds is 23. The molecule has 0 radical (unpaired) electrons. The van der Waals surface area contributed by atoms with Gasteiger partial charge in [0.1, 0.15) is 6.07 Å². The maximum absolute atomic E-state index is 12.8. The monoisotopic (exact) mass is 1920 g/mol. The molecule has 0 aliphatic carbocycles. The summed E-state index contributed by atoms with van der Waals surface area (Å²) in [5, 5.41) is 104. The van der Waals surface area contributed by atoms with Crippen LogP contribution >= 0.6 is 47.8 Å². The molecule has 28 nitrogen and oxygen atoms in total. The van der Waals surface area contributed by atoms with Gasteiger partial charge in [-0.2, -0.15) is 5.26 Å². The van der Waals surface area contributed by atoms with Gasteiger partial charge in [-0.1, -0.05) is 205 Å². The van der Waals surface area contributed by atoms with E-state index in [1.807, 2.05) is 193 Å². The number of hydrogen-bond acceptors (Lipinski definition) is 19. The highest BCUT2D eigenvalue weighted by Crippen LogP contribution is 2.31. The summed E-state index contributed by atoms with van der Waals surface area (Å²) in [6, 6.07) is 69.9. The van der Waals surface area contributed by atoms with Crippen LogP contribution in [0.3, 0.4) is 0 Å². The van der Waals surface area contributed by atoms with Crippen molar-refractivity contribution in [3.8, 4) is 17.2 Å². The van der Waals surface area contributed by atoms with Crippen LogP contribution in [0.5, 0.6) is 0 Å². The molecule has 0 spiro atoms. The molecule has 10 aromatic rings. The van der Waals surface area contributed by atoms with E-state index in [2.05, 4.69) is 117 Å². The number of aliphatic hydroxyl groups excluding tert-OH is 8. The van der Waals surface area contributed by atoms with Crippen LogP contribution in [0.1, 0.15) is 100 Å². The van der Waals surface area contributed by atoms with Crippen LogP contribution in [-0.2, 0) is 70.8 Å². The molecule has 11 atom stereocenters. The number of aryl methyl sites for hydroxylation is 2. The lowest BCUT2D eigenvalue weighted by Crippen LogP contribution is -2.56.